The van der Waals surface area contributed by atoms with Crippen LogP contribution in [0.25, 0.3) is 0 Å². The van der Waals surface area contributed by atoms with Gasteiger partial charge in [-0.15, -0.1) is 0 Å². The zero-order valence-corrected chi connectivity index (χ0v) is 13.4. The summed E-state index contributed by atoms with van der Waals surface area (Å²) < 4.78 is 19.3. The topological polar surface area (TPSA) is 47.3 Å². The number of hydrogen-bond donors (Lipinski definition) is 2. The molecule has 0 saturated carbocycles. The molecule has 3 nitrogen and oxygen atoms in total. The van der Waals surface area contributed by atoms with Crippen LogP contribution in [-0.2, 0) is 6.42 Å². The highest BCUT2D eigenvalue weighted by Gasteiger charge is 2.12. The number of benzene rings is 2. The summed E-state index contributed by atoms with van der Waals surface area (Å²) in [5.41, 5.74) is 4.77. The summed E-state index contributed by atoms with van der Waals surface area (Å²) in [5.74, 6) is 6.17. The Kier molecular flexibility index (Phi) is 5.73. The molecule has 1 unspecified atom stereocenters. The Morgan fingerprint density at radius 3 is 2.52 bits per heavy atom. The van der Waals surface area contributed by atoms with Gasteiger partial charge in [0.05, 0.1) is 7.11 Å². The van der Waals surface area contributed by atoms with Crippen molar-refractivity contribution in [2.45, 2.75) is 18.9 Å². The van der Waals surface area contributed by atoms with E-state index in [2.05, 4.69) is 21.4 Å². The van der Waals surface area contributed by atoms with Crippen LogP contribution in [0.5, 0.6) is 5.75 Å². The molecule has 0 radical (unpaired) electrons. The minimum Gasteiger partial charge on any atom is -0.497 e. The Morgan fingerprint density at radius 1 is 1.24 bits per heavy atom. The first-order valence-electron chi connectivity index (χ1n) is 6.67. The molecule has 2 aromatic rings. The predicted octanol–water partition coefficient (Wildman–Crippen LogP) is 3.73. The summed E-state index contributed by atoms with van der Waals surface area (Å²) in [6, 6.07) is 12.6. The SMILES string of the molecule is COc1ccc(CCC(NN)c2cc(F)cc(Br)c2)cc1. The molecule has 0 saturated heterocycles. The zero-order valence-electron chi connectivity index (χ0n) is 11.8. The van der Waals surface area contributed by atoms with Crippen molar-refractivity contribution >= 4 is 15.9 Å². The fourth-order valence-corrected chi connectivity index (χ4v) is 2.71. The van der Waals surface area contributed by atoms with E-state index in [1.54, 1.807) is 7.11 Å². The van der Waals surface area contributed by atoms with Crippen LogP contribution in [0.4, 0.5) is 4.39 Å². The number of halogens is 2. The smallest absolute Gasteiger partial charge is 0.124 e. The zero-order chi connectivity index (χ0) is 15.2. The molecule has 0 spiro atoms. The highest BCUT2D eigenvalue weighted by molar-refractivity contribution is 9.10. The summed E-state index contributed by atoms with van der Waals surface area (Å²) in [4.78, 5) is 0. The van der Waals surface area contributed by atoms with Crippen LogP contribution >= 0.6 is 15.9 Å². The van der Waals surface area contributed by atoms with E-state index in [0.717, 1.165) is 24.2 Å². The Labute approximate surface area is 132 Å². The number of aryl methyl sites for hydroxylation is 1. The van der Waals surface area contributed by atoms with Gasteiger partial charge in [0.15, 0.2) is 0 Å². The lowest BCUT2D eigenvalue weighted by molar-refractivity contribution is 0.414. The van der Waals surface area contributed by atoms with Gasteiger partial charge >= 0.3 is 0 Å². The molecule has 21 heavy (non-hydrogen) atoms. The molecule has 0 heterocycles. The number of nitrogens with one attached hydrogen (secondary N) is 1. The number of hydrogen-bond acceptors (Lipinski definition) is 3. The Balaban J connectivity index is 2.04. The van der Waals surface area contributed by atoms with Crippen molar-refractivity contribution in [2.24, 2.45) is 5.84 Å². The first kappa shape index (κ1) is 15.9. The van der Waals surface area contributed by atoms with Gasteiger partial charge in [0.25, 0.3) is 0 Å². The Hall–Kier alpha value is -1.43. The first-order valence-corrected chi connectivity index (χ1v) is 7.46. The molecule has 0 aliphatic heterocycles. The first-order chi connectivity index (χ1) is 10.1. The monoisotopic (exact) mass is 352 g/mol. The van der Waals surface area contributed by atoms with Crippen molar-refractivity contribution in [1.82, 2.24) is 5.43 Å². The number of rotatable bonds is 6. The van der Waals surface area contributed by atoms with E-state index in [1.165, 1.54) is 17.7 Å². The fraction of sp³-hybridized carbons (Fsp3) is 0.250. The van der Waals surface area contributed by atoms with Crippen molar-refractivity contribution in [3.8, 4) is 5.75 Å². The van der Waals surface area contributed by atoms with Gasteiger partial charge in [-0.1, -0.05) is 28.1 Å². The Morgan fingerprint density at radius 2 is 1.95 bits per heavy atom. The molecule has 5 heteroatoms. The normalized spacial score (nSPS) is 12.2. The minimum atomic E-state index is -0.274. The standard InChI is InChI=1S/C16H18BrFN2O/c1-21-15-5-2-11(3-6-15)4-7-16(20-19)12-8-13(17)10-14(18)9-12/h2-3,5-6,8-10,16,20H,4,7,19H2,1H3. The van der Waals surface area contributed by atoms with Gasteiger partial charge < -0.3 is 4.74 Å². The van der Waals surface area contributed by atoms with E-state index in [4.69, 9.17) is 10.6 Å². The van der Waals surface area contributed by atoms with Gasteiger partial charge in [0.1, 0.15) is 11.6 Å². The molecule has 0 bridgehead atoms. The van der Waals surface area contributed by atoms with Crippen molar-refractivity contribution in [1.29, 1.82) is 0 Å². The molecule has 3 N–H and O–H groups in total. The lowest BCUT2D eigenvalue weighted by Gasteiger charge is -2.17. The number of methoxy groups -OCH3 is 1. The lowest BCUT2D eigenvalue weighted by Crippen LogP contribution is -2.28. The summed E-state index contributed by atoms with van der Waals surface area (Å²) in [6.07, 6.45) is 1.62. The van der Waals surface area contributed by atoms with E-state index >= 15 is 0 Å². The Bertz CT molecular complexity index is 569. The highest BCUT2D eigenvalue weighted by Crippen LogP contribution is 2.24. The molecule has 0 amide bonds. The van der Waals surface area contributed by atoms with Crippen LogP contribution < -0.4 is 16.0 Å². The van der Waals surface area contributed by atoms with Crippen LogP contribution in [0.2, 0.25) is 0 Å². The number of hydrazine groups is 1. The maximum Gasteiger partial charge on any atom is 0.124 e. The third-order valence-corrected chi connectivity index (χ3v) is 3.83. The maximum absolute atomic E-state index is 13.5. The molecule has 2 aromatic carbocycles. The van der Waals surface area contributed by atoms with Gasteiger partial charge in [-0.3, -0.25) is 11.3 Å². The molecular formula is C16H18BrFN2O. The largest absolute Gasteiger partial charge is 0.497 e. The van der Waals surface area contributed by atoms with E-state index in [-0.39, 0.29) is 11.9 Å². The molecular weight excluding hydrogens is 335 g/mol. The molecule has 0 aliphatic carbocycles. The quantitative estimate of drug-likeness (QED) is 0.615. The van der Waals surface area contributed by atoms with Gasteiger partial charge in [-0.2, -0.15) is 0 Å². The summed E-state index contributed by atoms with van der Waals surface area (Å²) in [5, 5.41) is 0. The summed E-state index contributed by atoms with van der Waals surface area (Å²) in [6.45, 7) is 0. The third kappa shape index (κ3) is 4.52. The third-order valence-electron chi connectivity index (χ3n) is 3.37. The number of nitrogens with two attached hydrogens (primary N) is 1. The number of ether oxygens (including phenoxy) is 1. The molecule has 112 valence electrons. The molecule has 0 fully saturated rings. The lowest BCUT2D eigenvalue weighted by atomic mass is 9.99. The molecule has 1 atom stereocenters. The molecule has 2 rings (SSSR count). The molecule has 0 aromatic heterocycles. The second-order valence-corrected chi connectivity index (χ2v) is 5.72. The van der Waals surface area contributed by atoms with E-state index in [1.807, 2.05) is 30.3 Å². The van der Waals surface area contributed by atoms with Crippen molar-refractivity contribution in [2.75, 3.05) is 7.11 Å². The second-order valence-electron chi connectivity index (χ2n) is 4.81. The average Bonchev–Trinajstić information content (AvgIpc) is 2.47. The van der Waals surface area contributed by atoms with Crippen LogP contribution in [0.3, 0.4) is 0 Å². The molecule has 0 aliphatic rings. The van der Waals surface area contributed by atoms with Crippen LogP contribution in [0.15, 0.2) is 46.9 Å². The van der Waals surface area contributed by atoms with Crippen molar-refractivity contribution in [3.05, 3.63) is 63.9 Å². The van der Waals surface area contributed by atoms with Crippen LogP contribution in [0, 0.1) is 5.82 Å². The van der Waals surface area contributed by atoms with Crippen LogP contribution in [0.1, 0.15) is 23.6 Å². The average molecular weight is 353 g/mol. The minimum absolute atomic E-state index is 0.0981. The summed E-state index contributed by atoms with van der Waals surface area (Å²) in [7, 11) is 1.64. The predicted molar refractivity (Wildman–Crippen MR) is 85.5 cm³/mol. The summed E-state index contributed by atoms with van der Waals surface area (Å²) >= 11 is 3.30. The van der Waals surface area contributed by atoms with Gasteiger partial charge in [-0.05, 0) is 54.3 Å². The highest BCUT2D eigenvalue weighted by atomic mass is 79.9. The van der Waals surface area contributed by atoms with Gasteiger partial charge in [0.2, 0.25) is 0 Å². The second kappa shape index (κ2) is 7.54. The van der Waals surface area contributed by atoms with Gasteiger partial charge in [0, 0.05) is 10.5 Å². The van der Waals surface area contributed by atoms with Crippen LogP contribution in [-0.4, -0.2) is 7.11 Å². The fourth-order valence-electron chi connectivity index (χ4n) is 2.23. The van der Waals surface area contributed by atoms with E-state index in [9.17, 15) is 4.39 Å². The van der Waals surface area contributed by atoms with E-state index < -0.39 is 0 Å². The van der Waals surface area contributed by atoms with E-state index in [0.29, 0.717) is 4.47 Å². The van der Waals surface area contributed by atoms with Crippen molar-refractivity contribution < 1.29 is 9.13 Å². The maximum atomic E-state index is 13.5. The van der Waals surface area contributed by atoms with Gasteiger partial charge in [-0.25, -0.2) is 4.39 Å². The van der Waals surface area contributed by atoms with Crippen molar-refractivity contribution in [3.63, 3.8) is 0 Å².